The molecule has 0 spiro atoms. The van der Waals surface area contributed by atoms with Gasteiger partial charge in [0.1, 0.15) is 0 Å². The van der Waals surface area contributed by atoms with E-state index in [2.05, 4.69) is 84.9 Å². The lowest BCUT2D eigenvalue weighted by Gasteiger charge is -2.07. The maximum Gasteiger partial charge on any atom is 0 e. The Bertz CT molecular complexity index is 994. The molecule has 0 fully saturated rings. The highest BCUT2D eigenvalue weighted by Gasteiger charge is 2.02. The molecule has 0 heterocycles. The molecule has 0 unspecified atom stereocenters. The summed E-state index contributed by atoms with van der Waals surface area (Å²) in [5.41, 5.74) is 0. The summed E-state index contributed by atoms with van der Waals surface area (Å²) in [6.07, 6.45) is 0. The predicted molar refractivity (Wildman–Crippen MR) is 118 cm³/mol. The van der Waals surface area contributed by atoms with Crippen LogP contribution < -0.4 is 0 Å². The molecule has 5 aromatic rings. The average Bonchev–Trinajstić information content (AvgIpc) is 2.56. The Hall–Kier alpha value is -2.80. The molecule has 0 atom stereocenters. The minimum Gasteiger partial charge on any atom is -0.0776 e. The molecule has 0 nitrogen and oxygen atoms in total. The van der Waals surface area contributed by atoms with Gasteiger partial charge in [-0.05, 0) is 79.5 Å². The van der Waals surface area contributed by atoms with Crippen LogP contribution >= 0.6 is 0 Å². The van der Waals surface area contributed by atoms with E-state index in [9.17, 15) is 0 Å². The van der Waals surface area contributed by atoms with Gasteiger partial charge in [0.05, 0.1) is 0 Å². The van der Waals surface area contributed by atoms with Crippen molar-refractivity contribution in [3.05, 3.63) is 84.9 Å². The van der Waals surface area contributed by atoms with Crippen LogP contribution in [0.1, 0.15) is 16.3 Å². The quantitative estimate of drug-likeness (QED) is 0.205. The van der Waals surface area contributed by atoms with Crippen molar-refractivity contribution < 1.29 is 1.43 Å². The van der Waals surface area contributed by atoms with Gasteiger partial charge >= 0.3 is 0 Å². The van der Waals surface area contributed by atoms with Crippen LogP contribution in [0.5, 0.6) is 0 Å². The zero-order chi connectivity index (χ0) is 14.5. The summed E-state index contributed by atoms with van der Waals surface area (Å²) >= 11 is 0. The summed E-state index contributed by atoms with van der Waals surface area (Å²) in [7, 11) is 0. The fourth-order valence-electron chi connectivity index (χ4n) is 3.39. The zero-order valence-electron chi connectivity index (χ0n) is 12.7. The number of benzene rings is 5. The summed E-state index contributed by atoms with van der Waals surface area (Å²) in [5, 5.41) is 10.4. The number of hydrogen-bond acceptors (Lipinski definition) is 0. The molecule has 0 bridgehead atoms. The second-order valence-electron chi connectivity index (χ2n) is 5.95. The Morgan fingerprint density at radius 2 is 0.560 bits per heavy atom. The van der Waals surface area contributed by atoms with Crippen molar-refractivity contribution in [1.82, 2.24) is 0 Å². The molecule has 5 aromatic carbocycles. The van der Waals surface area contributed by atoms with Crippen molar-refractivity contribution in [2.45, 2.75) is 14.9 Å². The van der Waals surface area contributed by atoms with Gasteiger partial charge in [0, 0.05) is 9.84 Å². The van der Waals surface area contributed by atoms with E-state index in [0.717, 1.165) is 0 Å². The first-order valence-electron chi connectivity index (χ1n) is 7.62. The normalized spacial score (nSPS) is 10.2. The SMILES string of the molecule is C.C.[2HH].[B].c1ccc2cc3cc4cc5ccccc5cc4cc3cc2c1. The van der Waals surface area contributed by atoms with Crippen molar-refractivity contribution in [3.63, 3.8) is 0 Å². The molecule has 0 amide bonds. The Labute approximate surface area is 153 Å². The average molecular weight is 324 g/mol. The van der Waals surface area contributed by atoms with Crippen molar-refractivity contribution in [2.75, 3.05) is 0 Å². The van der Waals surface area contributed by atoms with E-state index >= 15 is 0 Å². The van der Waals surface area contributed by atoms with E-state index < -0.39 is 0 Å². The molecule has 0 aliphatic heterocycles. The largest absolute Gasteiger partial charge is 0.0776 e. The van der Waals surface area contributed by atoms with Crippen molar-refractivity contribution >= 4 is 51.5 Å². The number of fused-ring (bicyclic) bond motifs is 4. The number of rotatable bonds is 0. The highest BCUT2D eigenvalue weighted by molar-refractivity contribution is 6.08. The third-order valence-corrected chi connectivity index (χ3v) is 4.52. The van der Waals surface area contributed by atoms with Gasteiger partial charge in [0.15, 0.2) is 0 Å². The fraction of sp³-hybridized carbons (Fsp3) is 0.0833. The van der Waals surface area contributed by atoms with Crippen molar-refractivity contribution in [3.8, 4) is 0 Å². The van der Waals surface area contributed by atoms with Crippen LogP contribution in [0, 0.1) is 0 Å². The lowest BCUT2D eigenvalue weighted by atomic mass is 9.97. The van der Waals surface area contributed by atoms with Crippen LogP contribution in [0.2, 0.25) is 0 Å². The van der Waals surface area contributed by atoms with Gasteiger partial charge in [-0.1, -0.05) is 63.4 Å². The summed E-state index contributed by atoms with van der Waals surface area (Å²) in [4.78, 5) is 0. The predicted octanol–water partition coefficient (Wildman–Crippen LogP) is 7.44. The summed E-state index contributed by atoms with van der Waals surface area (Å²) in [5.74, 6) is 0. The molecule has 0 saturated heterocycles. The highest BCUT2D eigenvalue weighted by Crippen LogP contribution is 2.29. The van der Waals surface area contributed by atoms with E-state index in [1.807, 2.05) is 0 Å². The Balaban J connectivity index is 0.000000845. The van der Waals surface area contributed by atoms with E-state index in [1.165, 1.54) is 43.1 Å². The van der Waals surface area contributed by atoms with Crippen molar-refractivity contribution in [2.24, 2.45) is 0 Å². The first kappa shape index (κ1) is 18.5. The van der Waals surface area contributed by atoms with Crippen LogP contribution in [0.15, 0.2) is 84.9 Å². The topological polar surface area (TPSA) is 0 Å². The molecule has 1 heteroatoms. The Kier molecular flexibility index (Phi) is 5.18. The van der Waals surface area contributed by atoms with Gasteiger partial charge in [-0.3, -0.25) is 0 Å². The lowest BCUT2D eigenvalue weighted by molar-refractivity contribution is 1.78. The van der Waals surface area contributed by atoms with E-state index in [1.54, 1.807) is 0 Å². The molecule has 123 valence electrons. The monoisotopic (exact) mass is 324 g/mol. The van der Waals surface area contributed by atoms with Crippen LogP contribution in [0.3, 0.4) is 0 Å². The molecule has 5 rings (SSSR count). The smallest absolute Gasteiger partial charge is 0 e. The number of hydrogen-bond donors (Lipinski definition) is 0. The van der Waals surface area contributed by atoms with Crippen molar-refractivity contribution in [1.29, 1.82) is 0 Å². The fourth-order valence-corrected chi connectivity index (χ4v) is 3.39. The molecule has 0 N–H and O–H groups in total. The van der Waals surface area contributed by atoms with Crippen LogP contribution in [-0.2, 0) is 0 Å². The minimum absolute atomic E-state index is 0. The van der Waals surface area contributed by atoms with Crippen LogP contribution in [-0.4, -0.2) is 8.41 Å². The molecule has 0 aliphatic carbocycles. The third-order valence-electron chi connectivity index (χ3n) is 4.52. The maximum atomic E-state index is 2.31. The van der Waals surface area contributed by atoms with E-state index in [-0.39, 0.29) is 24.7 Å². The minimum atomic E-state index is 0. The second-order valence-corrected chi connectivity index (χ2v) is 5.95. The molecular weight excluding hydrogens is 299 g/mol. The highest BCUT2D eigenvalue weighted by atomic mass is 14.1. The van der Waals surface area contributed by atoms with Gasteiger partial charge in [-0.2, -0.15) is 0 Å². The first-order valence-corrected chi connectivity index (χ1v) is 7.62. The standard InChI is InChI=1S/C22H14.2CH4.B.H2/c1-2-6-16-10-20-14-22-12-18-8-4-3-7-17(18)11-21(22)13-19(20)9-15(16)5-1;;;;/h1-14H;2*1H4;;1H/i;;;;1+1. The van der Waals surface area contributed by atoms with Gasteiger partial charge in [0.25, 0.3) is 0 Å². The lowest BCUT2D eigenvalue weighted by Crippen LogP contribution is -1.80. The van der Waals surface area contributed by atoms with Gasteiger partial charge in [0.2, 0.25) is 0 Å². The molecule has 0 aliphatic rings. The molecule has 0 saturated carbocycles. The first-order chi connectivity index (χ1) is 10.9. The van der Waals surface area contributed by atoms with Crippen LogP contribution in [0.4, 0.5) is 0 Å². The molecule has 3 radical (unpaired) electrons. The van der Waals surface area contributed by atoms with Gasteiger partial charge < -0.3 is 0 Å². The summed E-state index contributed by atoms with van der Waals surface area (Å²) in [6.45, 7) is 0. The summed E-state index contributed by atoms with van der Waals surface area (Å²) < 4.78 is 0. The van der Waals surface area contributed by atoms with E-state index in [0.29, 0.717) is 0 Å². The zero-order valence-corrected chi connectivity index (χ0v) is 12.7. The van der Waals surface area contributed by atoms with E-state index in [4.69, 9.17) is 0 Å². The van der Waals surface area contributed by atoms with Gasteiger partial charge in [-0.25, -0.2) is 0 Å². The van der Waals surface area contributed by atoms with Crippen LogP contribution in [0.25, 0.3) is 43.1 Å². The Morgan fingerprint density at radius 3 is 0.800 bits per heavy atom. The molecular formula is C24H24B. The maximum absolute atomic E-state index is 2.31. The molecule has 0 aromatic heterocycles. The molecule has 25 heavy (non-hydrogen) atoms. The Morgan fingerprint density at radius 1 is 0.360 bits per heavy atom. The summed E-state index contributed by atoms with van der Waals surface area (Å²) in [6, 6.07) is 30.9. The van der Waals surface area contributed by atoms with Gasteiger partial charge in [-0.15, -0.1) is 0 Å². The second kappa shape index (κ2) is 6.98. The third kappa shape index (κ3) is 2.98.